The van der Waals surface area contributed by atoms with Crippen LogP contribution in [0.4, 0.5) is 0 Å². The first-order valence-electron chi connectivity index (χ1n) is 10.2. The first-order valence-corrected chi connectivity index (χ1v) is 10.2. The van der Waals surface area contributed by atoms with Gasteiger partial charge in [-0.25, -0.2) is 0 Å². The Labute approximate surface area is 177 Å². The zero-order valence-electron chi connectivity index (χ0n) is 17.7. The second-order valence-electron chi connectivity index (χ2n) is 8.71. The molecule has 1 amide bonds. The molecule has 0 radical (unpaired) electrons. The van der Waals surface area contributed by atoms with Gasteiger partial charge in [-0.05, 0) is 61.1 Å². The fraction of sp³-hybridized carbons (Fsp3) is 0.280. The summed E-state index contributed by atoms with van der Waals surface area (Å²) in [6.45, 7) is 7.06. The Morgan fingerprint density at radius 3 is 2.47 bits per heavy atom. The van der Waals surface area contributed by atoms with Crippen molar-refractivity contribution >= 4 is 11.6 Å². The number of rotatable bonds is 5. The molecule has 1 heterocycles. The monoisotopic (exact) mass is 401 g/mol. The molecule has 3 aromatic rings. The minimum Gasteiger partial charge on any atom is -0.391 e. The largest absolute Gasteiger partial charge is 0.391 e. The van der Waals surface area contributed by atoms with Crippen LogP contribution in [-0.4, -0.2) is 16.2 Å². The van der Waals surface area contributed by atoms with Crippen LogP contribution >= 0.6 is 0 Å². The van der Waals surface area contributed by atoms with Crippen LogP contribution in [0.3, 0.4) is 0 Å². The van der Waals surface area contributed by atoms with Crippen molar-refractivity contribution in [1.29, 1.82) is 0 Å². The minimum absolute atomic E-state index is 0.0671. The lowest BCUT2D eigenvalue weighted by molar-refractivity contribution is 0.100. The number of amides is 1. The van der Waals surface area contributed by atoms with Gasteiger partial charge in [0.2, 0.25) is 5.91 Å². The van der Waals surface area contributed by atoms with Crippen molar-refractivity contribution in [2.24, 2.45) is 16.3 Å². The van der Waals surface area contributed by atoms with E-state index in [2.05, 4.69) is 36.6 Å². The van der Waals surface area contributed by atoms with Gasteiger partial charge in [-0.3, -0.25) is 4.79 Å². The zero-order chi connectivity index (χ0) is 21.3. The molecule has 2 aromatic carbocycles. The van der Waals surface area contributed by atoms with Gasteiger partial charge < -0.3 is 15.1 Å². The summed E-state index contributed by atoms with van der Waals surface area (Å²) >= 11 is 0. The van der Waals surface area contributed by atoms with Crippen LogP contribution in [0.5, 0.6) is 0 Å². The van der Waals surface area contributed by atoms with Crippen molar-refractivity contribution in [3.63, 3.8) is 0 Å². The van der Waals surface area contributed by atoms with Crippen LogP contribution in [-0.2, 0) is 17.9 Å². The third-order valence-corrected chi connectivity index (χ3v) is 5.55. The van der Waals surface area contributed by atoms with E-state index < -0.39 is 5.91 Å². The number of nitrogens with zero attached hydrogens (tertiary/aromatic N) is 2. The standard InChI is InChI=1S/C25H27N3O2/c1-17-13-21-22(27-30-16-18-7-5-4-6-8-18)14-25(2,3)15-23(21)28(17)20-11-9-19(10-12-20)24(26)29/h4-13H,14-16H2,1-3H3,(H2,26,29)/b27-22+. The van der Waals surface area contributed by atoms with Gasteiger partial charge in [0.15, 0.2) is 0 Å². The predicted octanol–water partition coefficient (Wildman–Crippen LogP) is 4.78. The minimum atomic E-state index is -0.418. The average molecular weight is 402 g/mol. The van der Waals surface area contributed by atoms with Gasteiger partial charge in [-0.1, -0.05) is 49.3 Å². The van der Waals surface area contributed by atoms with Gasteiger partial charge in [0.1, 0.15) is 6.61 Å². The summed E-state index contributed by atoms with van der Waals surface area (Å²) in [5.74, 6) is -0.418. The van der Waals surface area contributed by atoms with Crippen molar-refractivity contribution in [2.45, 2.75) is 40.2 Å². The molecule has 5 heteroatoms. The molecule has 1 aromatic heterocycles. The van der Waals surface area contributed by atoms with Gasteiger partial charge in [0.25, 0.3) is 0 Å². The summed E-state index contributed by atoms with van der Waals surface area (Å²) < 4.78 is 2.24. The third kappa shape index (κ3) is 4.01. The van der Waals surface area contributed by atoms with Gasteiger partial charge >= 0.3 is 0 Å². The van der Waals surface area contributed by atoms with Crippen LogP contribution in [0.1, 0.15) is 53.1 Å². The third-order valence-electron chi connectivity index (χ3n) is 5.55. The van der Waals surface area contributed by atoms with Crippen LogP contribution in [0.2, 0.25) is 0 Å². The van der Waals surface area contributed by atoms with Crippen molar-refractivity contribution < 1.29 is 9.63 Å². The molecule has 0 atom stereocenters. The smallest absolute Gasteiger partial charge is 0.248 e. The van der Waals surface area contributed by atoms with Crippen molar-refractivity contribution in [1.82, 2.24) is 4.57 Å². The van der Waals surface area contributed by atoms with E-state index in [1.54, 1.807) is 12.1 Å². The summed E-state index contributed by atoms with van der Waals surface area (Å²) in [5.41, 5.74) is 12.5. The van der Waals surface area contributed by atoms with E-state index in [1.165, 1.54) is 5.69 Å². The van der Waals surface area contributed by atoms with Crippen LogP contribution < -0.4 is 5.73 Å². The molecule has 30 heavy (non-hydrogen) atoms. The molecule has 0 unspecified atom stereocenters. The Morgan fingerprint density at radius 2 is 1.80 bits per heavy atom. The summed E-state index contributed by atoms with van der Waals surface area (Å²) in [6.07, 6.45) is 1.80. The van der Waals surface area contributed by atoms with Crippen molar-refractivity contribution in [3.05, 3.63) is 88.7 Å². The van der Waals surface area contributed by atoms with Crippen LogP contribution in [0.25, 0.3) is 5.69 Å². The number of carbonyl (C=O) groups is 1. The number of hydrogen-bond acceptors (Lipinski definition) is 3. The Kier molecular flexibility index (Phi) is 5.20. The van der Waals surface area contributed by atoms with E-state index in [9.17, 15) is 4.79 Å². The lowest BCUT2D eigenvalue weighted by atomic mass is 9.76. The first kappa shape index (κ1) is 20.0. The number of benzene rings is 2. The highest BCUT2D eigenvalue weighted by Crippen LogP contribution is 2.38. The first-order chi connectivity index (χ1) is 14.3. The van der Waals surface area contributed by atoms with E-state index in [1.807, 2.05) is 42.5 Å². The molecule has 2 N–H and O–H groups in total. The highest BCUT2D eigenvalue weighted by atomic mass is 16.6. The molecule has 0 spiro atoms. The Balaban J connectivity index is 1.68. The van der Waals surface area contributed by atoms with E-state index in [4.69, 9.17) is 10.6 Å². The lowest BCUT2D eigenvalue weighted by Crippen LogP contribution is -2.28. The molecule has 0 fully saturated rings. The number of primary amides is 1. The summed E-state index contributed by atoms with van der Waals surface area (Å²) in [6, 6.07) is 19.7. The lowest BCUT2D eigenvalue weighted by Gasteiger charge is -2.31. The highest BCUT2D eigenvalue weighted by Gasteiger charge is 2.33. The molecule has 1 aliphatic carbocycles. The van der Waals surface area contributed by atoms with Crippen LogP contribution in [0, 0.1) is 12.3 Å². The number of nitrogens with two attached hydrogens (primary N) is 1. The number of fused-ring (bicyclic) bond motifs is 1. The fourth-order valence-corrected chi connectivity index (χ4v) is 4.15. The molecule has 0 saturated heterocycles. The van der Waals surface area contributed by atoms with Gasteiger partial charge in [-0.2, -0.15) is 0 Å². The maximum Gasteiger partial charge on any atom is 0.248 e. The summed E-state index contributed by atoms with van der Waals surface area (Å²) in [4.78, 5) is 17.1. The molecule has 0 bridgehead atoms. The second kappa shape index (κ2) is 7.82. The maximum absolute atomic E-state index is 11.4. The number of aryl methyl sites for hydroxylation is 1. The Hall–Kier alpha value is -3.34. The quantitative estimate of drug-likeness (QED) is 0.625. The van der Waals surface area contributed by atoms with Gasteiger partial charge in [-0.15, -0.1) is 0 Å². The molecular formula is C25H27N3O2. The van der Waals surface area contributed by atoms with E-state index in [0.29, 0.717) is 12.2 Å². The Bertz CT molecular complexity index is 1090. The molecule has 154 valence electrons. The van der Waals surface area contributed by atoms with Crippen molar-refractivity contribution in [3.8, 4) is 5.69 Å². The van der Waals surface area contributed by atoms with Gasteiger partial charge in [0, 0.05) is 28.2 Å². The predicted molar refractivity (Wildman–Crippen MR) is 119 cm³/mol. The van der Waals surface area contributed by atoms with E-state index in [-0.39, 0.29) is 5.41 Å². The fourth-order valence-electron chi connectivity index (χ4n) is 4.15. The number of oxime groups is 1. The van der Waals surface area contributed by atoms with Crippen LogP contribution in [0.15, 0.2) is 65.8 Å². The molecule has 0 saturated carbocycles. The van der Waals surface area contributed by atoms with E-state index >= 15 is 0 Å². The molecular weight excluding hydrogens is 374 g/mol. The highest BCUT2D eigenvalue weighted by molar-refractivity contribution is 6.03. The topological polar surface area (TPSA) is 69.6 Å². The zero-order valence-corrected chi connectivity index (χ0v) is 17.7. The van der Waals surface area contributed by atoms with E-state index in [0.717, 1.165) is 41.1 Å². The maximum atomic E-state index is 11.4. The molecule has 0 aliphatic heterocycles. The molecule has 5 nitrogen and oxygen atoms in total. The van der Waals surface area contributed by atoms with Crippen molar-refractivity contribution in [2.75, 3.05) is 0 Å². The normalized spacial score (nSPS) is 16.3. The average Bonchev–Trinajstić information content (AvgIpc) is 3.03. The number of carbonyl (C=O) groups excluding carboxylic acids is 1. The number of aromatic nitrogens is 1. The summed E-state index contributed by atoms with van der Waals surface area (Å²) in [5, 5.41) is 4.54. The molecule has 4 rings (SSSR count). The number of hydrogen-bond donors (Lipinski definition) is 1. The molecule has 1 aliphatic rings. The summed E-state index contributed by atoms with van der Waals surface area (Å²) in [7, 11) is 0. The second-order valence-corrected chi connectivity index (χ2v) is 8.71. The SMILES string of the molecule is Cc1cc2c(n1-c1ccc(C(N)=O)cc1)CC(C)(C)C/C2=N\OCc1ccccc1. The van der Waals surface area contributed by atoms with Gasteiger partial charge in [0.05, 0.1) is 5.71 Å². The Morgan fingerprint density at radius 1 is 1.10 bits per heavy atom.